The molecule has 35 heavy (non-hydrogen) atoms. The maximum absolute atomic E-state index is 12.6. The van der Waals surface area contributed by atoms with Crippen LogP contribution in [-0.4, -0.2) is 31.8 Å². The monoisotopic (exact) mass is 498 g/mol. The van der Waals surface area contributed by atoms with E-state index in [1.54, 1.807) is 12.1 Å². The maximum atomic E-state index is 12.6. The first-order valence-electron chi connectivity index (χ1n) is 10.3. The average molecular weight is 499 g/mol. The molecule has 0 unspecified atom stereocenters. The Kier molecular flexibility index (Phi) is 7.66. The Morgan fingerprint density at radius 3 is 2.03 bits per heavy atom. The van der Waals surface area contributed by atoms with Gasteiger partial charge in [0.05, 0.1) is 16.4 Å². The van der Waals surface area contributed by atoms with Crippen molar-refractivity contribution in [3.63, 3.8) is 0 Å². The molecule has 0 aliphatic heterocycles. The molecule has 3 aromatic carbocycles. The van der Waals surface area contributed by atoms with Gasteiger partial charge in [0, 0.05) is 28.4 Å². The standard InChI is InChI=1S/C23H22N4O7S/c1-3-34-19-9-11-20(12-10-19)35(32,33)26-18-7-4-16(5-8-18)22(28)24-25-23(29)17-6-13-21(27(30)31)15(2)14-17/h4-14,26H,3H2,1-2H3,(H,24,28)(H,25,29). The number of aryl methyl sites for hydroxylation is 1. The molecule has 0 aliphatic rings. The summed E-state index contributed by atoms with van der Waals surface area (Å²) < 4.78 is 32.9. The second-order valence-electron chi connectivity index (χ2n) is 7.25. The number of nitrogens with one attached hydrogen (secondary N) is 3. The van der Waals surface area contributed by atoms with E-state index in [2.05, 4.69) is 15.6 Å². The summed E-state index contributed by atoms with van der Waals surface area (Å²) in [5.74, 6) is -0.744. The molecule has 0 aliphatic carbocycles. The lowest BCUT2D eigenvalue weighted by Gasteiger charge is -2.11. The quantitative estimate of drug-likeness (QED) is 0.318. The van der Waals surface area contributed by atoms with Gasteiger partial charge in [-0.15, -0.1) is 0 Å². The van der Waals surface area contributed by atoms with E-state index in [0.29, 0.717) is 17.9 Å². The number of benzene rings is 3. The number of carbonyl (C=O) groups excluding carboxylic acids is 2. The Bertz CT molecular complexity index is 1360. The zero-order valence-corrected chi connectivity index (χ0v) is 19.6. The first-order valence-corrected chi connectivity index (χ1v) is 11.8. The molecule has 3 N–H and O–H groups in total. The largest absolute Gasteiger partial charge is 0.494 e. The van der Waals surface area contributed by atoms with Crippen LogP contribution in [-0.2, 0) is 10.0 Å². The van der Waals surface area contributed by atoms with E-state index in [9.17, 15) is 28.1 Å². The zero-order chi connectivity index (χ0) is 25.6. The number of anilines is 1. The first kappa shape index (κ1) is 25.2. The number of hydrazine groups is 1. The van der Waals surface area contributed by atoms with Gasteiger partial charge in [-0.3, -0.25) is 35.3 Å². The minimum Gasteiger partial charge on any atom is -0.494 e. The summed E-state index contributed by atoms with van der Waals surface area (Å²) in [7, 11) is -3.85. The predicted octanol–water partition coefficient (Wildman–Crippen LogP) is 3.18. The number of nitro groups is 1. The third kappa shape index (κ3) is 6.32. The molecular weight excluding hydrogens is 476 g/mol. The minimum absolute atomic E-state index is 0.0481. The van der Waals surface area contributed by atoms with Gasteiger partial charge in [0.2, 0.25) is 0 Å². The van der Waals surface area contributed by atoms with E-state index < -0.39 is 26.8 Å². The topological polar surface area (TPSA) is 157 Å². The molecule has 2 amide bonds. The summed E-state index contributed by atoms with van der Waals surface area (Å²) in [4.78, 5) is 34.9. The molecule has 0 bridgehead atoms. The van der Waals surface area contributed by atoms with Gasteiger partial charge in [0.15, 0.2) is 0 Å². The van der Waals surface area contributed by atoms with E-state index in [-0.39, 0.29) is 27.4 Å². The normalized spacial score (nSPS) is 10.8. The molecule has 11 nitrogen and oxygen atoms in total. The van der Waals surface area contributed by atoms with Crippen LogP contribution in [0.1, 0.15) is 33.2 Å². The van der Waals surface area contributed by atoms with Gasteiger partial charge in [-0.2, -0.15) is 0 Å². The number of carbonyl (C=O) groups is 2. The van der Waals surface area contributed by atoms with Crippen molar-refractivity contribution >= 4 is 33.2 Å². The minimum atomic E-state index is -3.85. The van der Waals surface area contributed by atoms with Crippen molar-refractivity contribution in [3.8, 4) is 5.75 Å². The van der Waals surface area contributed by atoms with Gasteiger partial charge in [-0.25, -0.2) is 8.42 Å². The molecule has 0 spiro atoms. The van der Waals surface area contributed by atoms with Crippen molar-refractivity contribution in [2.45, 2.75) is 18.7 Å². The molecule has 0 atom stereocenters. The molecule has 3 aromatic rings. The molecule has 0 aromatic heterocycles. The maximum Gasteiger partial charge on any atom is 0.272 e. The Balaban J connectivity index is 1.60. The van der Waals surface area contributed by atoms with Gasteiger partial charge in [-0.1, -0.05) is 0 Å². The number of hydrogen-bond donors (Lipinski definition) is 3. The van der Waals surface area contributed by atoms with Crippen molar-refractivity contribution in [1.29, 1.82) is 0 Å². The number of nitrogens with zero attached hydrogens (tertiary/aromatic N) is 1. The Morgan fingerprint density at radius 2 is 1.49 bits per heavy atom. The number of sulfonamides is 1. The number of amides is 2. The second-order valence-corrected chi connectivity index (χ2v) is 8.94. The number of nitro benzene ring substituents is 1. The van der Waals surface area contributed by atoms with Crippen molar-refractivity contribution in [1.82, 2.24) is 10.9 Å². The Labute approximate surface area is 201 Å². The van der Waals surface area contributed by atoms with Crippen molar-refractivity contribution < 1.29 is 27.7 Å². The second kappa shape index (κ2) is 10.7. The van der Waals surface area contributed by atoms with E-state index in [1.165, 1.54) is 61.5 Å². The number of rotatable bonds is 8. The molecule has 12 heteroatoms. The van der Waals surface area contributed by atoms with Gasteiger partial charge in [-0.05, 0) is 74.5 Å². The van der Waals surface area contributed by atoms with Crippen LogP contribution >= 0.6 is 0 Å². The van der Waals surface area contributed by atoms with E-state index in [0.717, 1.165) is 0 Å². The summed E-state index contributed by atoms with van der Waals surface area (Å²) in [6.07, 6.45) is 0. The van der Waals surface area contributed by atoms with Crippen LogP contribution in [0, 0.1) is 17.0 Å². The zero-order valence-electron chi connectivity index (χ0n) is 18.8. The summed E-state index contributed by atoms with van der Waals surface area (Å²) in [5, 5.41) is 10.9. The van der Waals surface area contributed by atoms with Crippen LogP contribution in [0.25, 0.3) is 0 Å². The van der Waals surface area contributed by atoms with Gasteiger partial charge in [0.1, 0.15) is 5.75 Å². The predicted molar refractivity (Wildman–Crippen MR) is 128 cm³/mol. The van der Waals surface area contributed by atoms with Crippen LogP contribution in [0.2, 0.25) is 0 Å². The van der Waals surface area contributed by atoms with Crippen LogP contribution < -0.4 is 20.3 Å². The molecule has 0 radical (unpaired) electrons. The van der Waals surface area contributed by atoms with Gasteiger partial charge in [0.25, 0.3) is 27.5 Å². The van der Waals surface area contributed by atoms with Gasteiger partial charge >= 0.3 is 0 Å². The van der Waals surface area contributed by atoms with E-state index >= 15 is 0 Å². The third-order valence-electron chi connectivity index (χ3n) is 4.79. The first-order chi connectivity index (χ1) is 16.6. The molecule has 0 saturated heterocycles. The number of ether oxygens (including phenoxy) is 1. The lowest BCUT2D eigenvalue weighted by molar-refractivity contribution is -0.385. The summed E-state index contributed by atoms with van der Waals surface area (Å²) in [6, 6.07) is 15.3. The van der Waals surface area contributed by atoms with Crippen LogP contribution in [0.4, 0.5) is 11.4 Å². The smallest absolute Gasteiger partial charge is 0.272 e. The molecule has 0 heterocycles. The fraction of sp³-hybridized carbons (Fsp3) is 0.130. The molecular formula is C23H22N4O7S. The van der Waals surface area contributed by atoms with Crippen molar-refractivity contribution in [2.75, 3.05) is 11.3 Å². The highest BCUT2D eigenvalue weighted by atomic mass is 32.2. The van der Waals surface area contributed by atoms with Crippen LogP contribution in [0.5, 0.6) is 5.75 Å². The SMILES string of the molecule is CCOc1ccc(S(=O)(=O)Nc2ccc(C(=O)NNC(=O)c3ccc([N+](=O)[O-])c(C)c3)cc2)cc1. The fourth-order valence-corrected chi connectivity index (χ4v) is 4.10. The third-order valence-corrected chi connectivity index (χ3v) is 6.19. The highest BCUT2D eigenvalue weighted by Crippen LogP contribution is 2.20. The van der Waals surface area contributed by atoms with E-state index in [1.807, 2.05) is 6.92 Å². The summed E-state index contributed by atoms with van der Waals surface area (Å²) >= 11 is 0. The highest BCUT2D eigenvalue weighted by Gasteiger charge is 2.16. The Morgan fingerprint density at radius 1 is 0.914 bits per heavy atom. The Hall–Kier alpha value is -4.45. The van der Waals surface area contributed by atoms with Gasteiger partial charge < -0.3 is 4.74 Å². The molecule has 182 valence electrons. The molecule has 0 saturated carbocycles. The summed E-state index contributed by atoms with van der Waals surface area (Å²) in [6.45, 7) is 3.79. The number of hydrogen-bond acceptors (Lipinski definition) is 7. The average Bonchev–Trinajstić information content (AvgIpc) is 2.82. The molecule has 0 fully saturated rings. The molecule has 3 rings (SSSR count). The fourth-order valence-electron chi connectivity index (χ4n) is 3.04. The lowest BCUT2D eigenvalue weighted by Crippen LogP contribution is -2.41. The lowest BCUT2D eigenvalue weighted by atomic mass is 10.1. The van der Waals surface area contributed by atoms with E-state index in [4.69, 9.17) is 4.74 Å². The summed E-state index contributed by atoms with van der Waals surface area (Å²) in [5.41, 5.74) is 5.18. The van der Waals surface area contributed by atoms with Crippen LogP contribution in [0.15, 0.2) is 71.6 Å². The van der Waals surface area contributed by atoms with Crippen LogP contribution in [0.3, 0.4) is 0 Å². The highest BCUT2D eigenvalue weighted by molar-refractivity contribution is 7.92. The van der Waals surface area contributed by atoms with Crippen molar-refractivity contribution in [2.24, 2.45) is 0 Å². The van der Waals surface area contributed by atoms with Crippen molar-refractivity contribution in [3.05, 3.63) is 93.5 Å².